The van der Waals surface area contributed by atoms with Crippen molar-refractivity contribution in [3.05, 3.63) is 0 Å². The Bertz CT molecular complexity index is 293. The van der Waals surface area contributed by atoms with E-state index in [1.165, 1.54) is 0 Å². The molecule has 16 heavy (non-hydrogen) atoms. The van der Waals surface area contributed by atoms with Crippen LogP contribution < -0.4 is 11.1 Å². The van der Waals surface area contributed by atoms with E-state index in [9.17, 15) is 4.79 Å². The first kappa shape index (κ1) is 13.4. The molecule has 1 aliphatic rings. The normalized spacial score (nSPS) is 28.4. The number of nitrogens with two attached hydrogens (primary N) is 1. The van der Waals surface area contributed by atoms with E-state index in [0.29, 0.717) is 10.9 Å². The molecule has 0 radical (unpaired) electrons. The summed E-state index contributed by atoms with van der Waals surface area (Å²) in [4.78, 5) is 12.5. The van der Waals surface area contributed by atoms with Gasteiger partial charge in [0.1, 0.15) is 0 Å². The summed E-state index contributed by atoms with van der Waals surface area (Å²) in [7, 11) is 0. The smallest absolute Gasteiger partial charge is 0.224 e. The average molecular weight is 242 g/mol. The molecule has 4 heteroatoms. The monoisotopic (exact) mass is 242 g/mol. The molecule has 0 aromatic carbocycles. The molecule has 1 amide bonds. The van der Waals surface area contributed by atoms with Crippen molar-refractivity contribution in [1.29, 1.82) is 0 Å². The number of amides is 1. The highest BCUT2D eigenvalue weighted by Crippen LogP contribution is 2.31. The van der Waals surface area contributed by atoms with E-state index in [4.69, 9.17) is 18.0 Å². The fourth-order valence-corrected chi connectivity index (χ4v) is 2.42. The van der Waals surface area contributed by atoms with Gasteiger partial charge in [-0.1, -0.05) is 32.5 Å². The minimum atomic E-state index is -0.533. The quantitative estimate of drug-likeness (QED) is 0.741. The number of nitrogens with one attached hydrogen (secondary N) is 1. The van der Waals surface area contributed by atoms with E-state index in [-0.39, 0.29) is 11.8 Å². The van der Waals surface area contributed by atoms with E-state index in [0.717, 1.165) is 25.7 Å². The summed E-state index contributed by atoms with van der Waals surface area (Å²) in [6, 6.07) is 0. The lowest BCUT2D eigenvalue weighted by molar-refractivity contribution is -0.127. The van der Waals surface area contributed by atoms with Crippen LogP contribution in [-0.4, -0.2) is 16.4 Å². The third kappa shape index (κ3) is 2.73. The summed E-state index contributed by atoms with van der Waals surface area (Å²) >= 11 is 5.02. The second kappa shape index (κ2) is 5.13. The summed E-state index contributed by atoms with van der Waals surface area (Å²) in [5, 5.41) is 3.01. The molecular formula is C12H22N2OS. The Morgan fingerprint density at radius 2 is 2.19 bits per heavy atom. The summed E-state index contributed by atoms with van der Waals surface area (Å²) in [5.74, 6) is 0.731. The second-order valence-electron chi connectivity index (χ2n) is 5.05. The van der Waals surface area contributed by atoms with Gasteiger partial charge >= 0.3 is 0 Å². The molecule has 0 aromatic rings. The lowest BCUT2D eigenvalue weighted by Gasteiger charge is -2.30. The van der Waals surface area contributed by atoms with Crippen LogP contribution in [-0.2, 0) is 4.79 Å². The number of hydrogen-bond donors (Lipinski definition) is 2. The zero-order chi connectivity index (χ0) is 12.3. The van der Waals surface area contributed by atoms with Gasteiger partial charge in [0.15, 0.2) is 0 Å². The van der Waals surface area contributed by atoms with Crippen LogP contribution in [0.3, 0.4) is 0 Å². The minimum Gasteiger partial charge on any atom is -0.391 e. The molecule has 0 heterocycles. The molecule has 3 unspecified atom stereocenters. The third-order valence-electron chi connectivity index (χ3n) is 3.85. The first-order valence-corrected chi connectivity index (χ1v) is 6.43. The number of thiocarbonyl (C=S) groups is 1. The molecule has 0 spiro atoms. The van der Waals surface area contributed by atoms with Crippen LogP contribution in [0.4, 0.5) is 0 Å². The molecule has 1 fully saturated rings. The minimum absolute atomic E-state index is 0.113. The van der Waals surface area contributed by atoms with Crippen LogP contribution >= 0.6 is 12.2 Å². The van der Waals surface area contributed by atoms with Gasteiger partial charge in [-0.2, -0.15) is 0 Å². The molecule has 0 bridgehead atoms. The van der Waals surface area contributed by atoms with E-state index in [1.807, 2.05) is 13.8 Å². The number of rotatable bonds is 4. The van der Waals surface area contributed by atoms with Crippen molar-refractivity contribution in [2.75, 3.05) is 0 Å². The van der Waals surface area contributed by atoms with E-state index >= 15 is 0 Å². The number of hydrogen-bond acceptors (Lipinski definition) is 2. The van der Waals surface area contributed by atoms with Gasteiger partial charge in [-0.25, -0.2) is 0 Å². The van der Waals surface area contributed by atoms with Crippen molar-refractivity contribution in [2.45, 2.75) is 52.0 Å². The summed E-state index contributed by atoms with van der Waals surface area (Å²) in [6.45, 7) is 6.02. The van der Waals surface area contributed by atoms with Gasteiger partial charge in [-0.15, -0.1) is 0 Å². The van der Waals surface area contributed by atoms with Crippen molar-refractivity contribution in [3.63, 3.8) is 0 Å². The maximum Gasteiger partial charge on any atom is 0.224 e. The fraction of sp³-hybridized carbons (Fsp3) is 0.833. The Hall–Kier alpha value is -0.640. The Kier molecular flexibility index (Phi) is 4.30. The predicted molar refractivity (Wildman–Crippen MR) is 70.1 cm³/mol. The third-order valence-corrected chi connectivity index (χ3v) is 4.30. The predicted octanol–water partition coefficient (Wildman–Crippen LogP) is 1.99. The first-order valence-electron chi connectivity index (χ1n) is 6.02. The molecule has 0 aliphatic heterocycles. The van der Waals surface area contributed by atoms with Crippen LogP contribution in [0, 0.1) is 11.8 Å². The van der Waals surface area contributed by atoms with Crippen molar-refractivity contribution in [3.8, 4) is 0 Å². The van der Waals surface area contributed by atoms with Gasteiger partial charge in [0.05, 0.1) is 10.5 Å². The molecule has 3 N–H and O–H groups in total. The standard InChI is InChI=1S/C12H22N2OS/c1-4-12(3,11(13)16)14-10(15)9-7-5-6-8(9)2/h8-9H,4-7H2,1-3H3,(H2,13,16)(H,14,15). The van der Waals surface area contributed by atoms with Crippen molar-refractivity contribution >= 4 is 23.1 Å². The summed E-state index contributed by atoms with van der Waals surface area (Å²) < 4.78 is 0. The van der Waals surface area contributed by atoms with Gasteiger partial charge in [-0.05, 0) is 32.1 Å². The van der Waals surface area contributed by atoms with Crippen LogP contribution in [0.1, 0.15) is 46.5 Å². The average Bonchev–Trinajstić information content (AvgIpc) is 2.64. The molecule has 0 saturated heterocycles. The zero-order valence-electron chi connectivity index (χ0n) is 10.4. The SMILES string of the molecule is CCC(C)(NC(=O)C1CCCC1C)C(N)=S. The second-order valence-corrected chi connectivity index (χ2v) is 5.49. The maximum atomic E-state index is 12.1. The van der Waals surface area contributed by atoms with E-state index in [2.05, 4.69) is 12.2 Å². The van der Waals surface area contributed by atoms with Crippen LogP contribution in [0.2, 0.25) is 0 Å². The van der Waals surface area contributed by atoms with Gasteiger partial charge < -0.3 is 11.1 Å². The fourth-order valence-electron chi connectivity index (χ4n) is 2.22. The molecular weight excluding hydrogens is 220 g/mol. The Balaban J connectivity index is 2.65. The molecule has 0 aromatic heterocycles. The molecule has 3 nitrogen and oxygen atoms in total. The van der Waals surface area contributed by atoms with E-state index in [1.54, 1.807) is 0 Å². The lowest BCUT2D eigenvalue weighted by Crippen LogP contribution is -2.55. The largest absolute Gasteiger partial charge is 0.391 e. The maximum absolute atomic E-state index is 12.1. The zero-order valence-corrected chi connectivity index (χ0v) is 11.2. The van der Waals surface area contributed by atoms with Crippen molar-refractivity contribution < 1.29 is 4.79 Å². The van der Waals surface area contributed by atoms with Crippen LogP contribution in [0.5, 0.6) is 0 Å². The lowest BCUT2D eigenvalue weighted by atomic mass is 9.93. The Labute approximate surface area is 103 Å². The van der Waals surface area contributed by atoms with Gasteiger partial charge in [-0.3, -0.25) is 4.79 Å². The van der Waals surface area contributed by atoms with Gasteiger partial charge in [0.25, 0.3) is 0 Å². The molecule has 1 saturated carbocycles. The van der Waals surface area contributed by atoms with E-state index < -0.39 is 5.54 Å². The van der Waals surface area contributed by atoms with Crippen LogP contribution in [0.25, 0.3) is 0 Å². The van der Waals surface area contributed by atoms with Crippen LogP contribution in [0.15, 0.2) is 0 Å². The Morgan fingerprint density at radius 3 is 2.56 bits per heavy atom. The first-order chi connectivity index (χ1) is 7.40. The number of carbonyl (C=O) groups is 1. The van der Waals surface area contributed by atoms with Gasteiger partial charge in [0.2, 0.25) is 5.91 Å². The summed E-state index contributed by atoms with van der Waals surface area (Å²) in [6.07, 6.45) is 4.02. The molecule has 1 rings (SSSR count). The highest BCUT2D eigenvalue weighted by Gasteiger charge is 2.34. The highest BCUT2D eigenvalue weighted by atomic mass is 32.1. The molecule has 3 atom stereocenters. The summed E-state index contributed by atoms with van der Waals surface area (Å²) in [5.41, 5.74) is 5.15. The van der Waals surface area contributed by atoms with Crippen molar-refractivity contribution in [2.24, 2.45) is 17.6 Å². The Morgan fingerprint density at radius 1 is 1.56 bits per heavy atom. The molecule has 92 valence electrons. The number of carbonyl (C=O) groups excluding carboxylic acids is 1. The molecule has 1 aliphatic carbocycles. The van der Waals surface area contributed by atoms with Gasteiger partial charge in [0, 0.05) is 5.92 Å². The highest BCUT2D eigenvalue weighted by molar-refractivity contribution is 7.80. The van der Waals surface area contributed by atoms with Crippen molar-refractivity contribution in [1.82, 2.24) is 5.32 Å². The topological polar surface area (TPSA) is 55.1 Å².